The summed E-state index contributed by atoms with van der Waals surface area (Å²) < 4.78 is 51.6. The van der Waals surface area contributed by atoms with Crippen molar-refractivity contribution in [3.05, 3.63) is 71.3 Å². The van der Waals surface area contributed by atoms with Gasteiger partial charge in [0.1, 0.15) is 0 Å². The first-order chi connectivity index (χ1) is 13.1. The van der Waals surface area contributed by atoms with E-state index in [2.05, 4.69) is 0 Å². The second-order valence-corrected chi connectivity index (χ2v) is 8.38. The molecule has 146 valence electrons. The van der Waals surface area contributed by atoms with Gasteiger partial charge in [-0.15, -0.1) is 0 Å². The average molecular weight is 423 g/mol. The van der Waals surface area contributed by atoms with Gasteiger partial charge in [-0.05, 0) is 47.0 Å². The fourth-order valence-electron chi connectivity index (χ4n) is 2.92. The zero-order valence-corrected chi connectivity index (χ0v) is 16.7. The molecule has 4 nitrogen and oxygen atoms in total. The normalized spacial score (nSPS) is 11.5. The van der Waals surface area contributed by atoms with E-state index in [1.165, 1.54) is 30.3 Å². The van der Waals surface area contributed by atoms with Crippen LogP contribution in [0.5, 0.6) is 0 Å². The first kappa shape index (κ1) is 20.3. The van der Waals surface area contributed by atoms with E-state index in [-0.39, 0.29) is 10.5 Å². The highest BCUT2D eigenvalue weighted by atomic mass is 35.5. The van der Waals surface area contributed by atoms with E-state index in [0.717, 1.165) is 11.8 Å². The Bertz CT molecular complexity index is 1150. The SMILES string of the molecule is CN(C)c1ccc(-c2c(-c3ccc(S(N)(=O)=O)cc3)ccc(F)c2F)cc1Cl. The summed E-state index contributed by atoms with van der Waals surface area (Å²) in [7, 11) is -0.211. The topological polar surface area (TPSA) is 63.4 Å². The summed E-state index contributed by atoms with van der Waals surface area (Å²) in [6, 6.07) is 13.0. The number of benzene rings is 3. The molecule has 8 heteroatoms. The number of anilines is 1. The molecule has 0 bridgehead atoms. The standard InChI is InChI=1S/C20H17ClF2N2O2S/c1-25(2)18-10-5-13(11-16(18)21)19-15(8-9-17(22)20(19)23)12-3-6-14(7-4-12)28(24,26)27/h3-11H,1-2H3,(H2,24,26,27). The molecule has 0 fully saturated rings. The van der Waals surface area contributed by atoms with Gasteiger partial charge in [-0.1, -0.05) is 35.9 Å². The Balaban J connectivity index is 2.20. The lowest BCUT2D eigenvalue weighted by Gasteiger charge is -2.17. The molecule has 3 aromatic rings. The summed E-state index contributed by atoms with van der Waals surface area (Å²) in [5.74, 6) is -2.01. The van der Waals surface area contributed by atoms with E-state index in [1.54, 1.807) is 23.1 Å². The maximum absolute atomic E-state index is 14.7. The minimum atomic E-state index is -3.85. The first-order valence-corrected chi connectivity index (χ1v) is 10.1. The molecule has 0 saturated carbocycles. The van der Waals surface area contributed by atoms with Crippen molar-refractivity contribution in [3.63, 3.8) is 0 Å². The Morgan fingerprint density at radius 1 is 0.929 bits per heavy atom. The molecule has 3 aromatic carbocycles. The highest BCUT2D eigenvalue weighted by Gasteiger charge is 2.18. The monoisotopic (exact) mass is 422 g/mol. The van der Waals surface area contributed by atoms with Gasteiger partial charge >= 0.3 is 0 Å². The number of rotatable bonds is 4. The van der Waals surface area contributed by atoms with Gasteiger partial charge in [-0.25, -0.2) is 22.3 Å². The van der Waals surface area contributed by atoms with Crippen LogP contribution in [0, 0.1) is 11.6 Å². The summed E-state index contributed by atoms with van der Waals surface area (Å²) in [5, 5.41) is 5.50. The highest BCUT2D eigenvalue weighted by Crippen LogP contribution is 2.38. The van der Waals surface area contributed by atoms with E-state index >= 15 is 0 Å². The molecule has 0 saturated heterocycles. The molecule has 0 spiro atoms. The molecule has 0 heterocycles. The van der Waals surface area contributed by atoms with E-state index in [0.29, 0.717) is 21.7 Å². The summed E-state index contributed by atoms with van der Waals surface area (Å²) in [5.41, 5.74) is 2.08. The van der Waals surface area contributed by atoms with Crippen molar-refractivity contribution in [2.45, 2.75) is 4.90 Å². The average Bonchev–Trinajstić information content (AvgIpc) is 2.63. The number of halogens is 3. The van der Waals surface area contributed by atoms with Crippen LogP contribution in [0.25, 0.3) is 22.3 Å². The zero-order chi connectivity index (χ0) is 20.6. The van der Waals surface area contributed by atoms with Crippen molar-refractivity contribution in [3.8, 4) is 22.3 Å². The number of nitrogens with two attached hydrogens (primary N) is 1. The molecule has 0 radical (unpaired) electrons. The van der Waals surface area contributed by atoms with E-state index < -0.39 is 21.7 Å². The van der Waals surface area contributed by atoms with Crippen LogP contribution >= 0.6 is 11.6 Å². The van der Waals surface area contributed by atoms with Gasteiger partial charge in [0.05, 0.1) is 15.6 Å². The summed E-state index contributed by atoms with van der Waals surface area (Å²) in [6.07, 6.45) is 0. The van der Waals surface area contributed by atoms with Crippen molar-refractivity contribution in [1.29, 1.82) is 0 Å². The fourth-order valence-corrected chi connectivity index (χ4v) is 3.79. The predicted octanol–water partition coefficient (Wildman–Crippen LogP) is 4.67. The van der Waals surface area contributed by atoms with Crippen LogP contribution in [-0.4, -0.2) is 22.5 Å². The first-order valence-electron chi connectivity index (χ1n) is 8.18. The molecular formula is C20H17ClF2N2O2S. The minimum absolute atomic E-state index is 0.0376. The smallest absolute Gasteiger partial charge is 0.238 e. The Kier molecular flexibility index (Phi) is 5.43. The van der Waals surface area contributed by atoms with E-state index in [9.17, 15) is 17.2 Å². The van der Waals surface area contributed by atoms with Gasteiger partial charge in [0.25, 0.3) is 0 Å². The van der Waals surface area contributed by atoms with Crippen LogP contribution in [0.1, 0.15) is 0 Å². The van der Waals surface area contributed by atoms with Gasteiger partial charge in [-0.2, -0.15) is 0 Å². The number of hydrogen-bond acceptors (Lipinski definition) is 3. The van der Waals surface area contributed by atoms with Gasteiger partial charge in [0.15, 0.2) is 11.6 Å². The van der Waals surface area contributed by atoms with E-state index in [1.807, 2.05) is 14.1 Å². The van der Waals surface area contributed by atoms with Crippen LogP contribution in [0.4, 0.5) is 14.5 Å². The molecule has 0 amide bonds. The van der Waals surface area contributed by atoms with Crippen LogP contribution in [0.2, 0.25) is 5.02 Å². The molecule has 0 aliphatic heterocycles. The highest BCUT2D eigenvalue weighted by molar-refractivity contribution is 7.89. The molecule has 0 aromatic heterocycles. The van der Waals surface area contributed by atoms with Gasteiger partial charge in [0, 0.05) is 19.7 Å². The minimum Gasteiger partial charge on any atom is -0.376 e. The lowest BCUT2D eigenvalue weighted by molar-refractivity contribution is 0.511. The Morgan fingerprint density at radius 2 is 1.54 bits per heavy atom. The Labute approximate surface area is 167 Å². The molecule has 2 N–H and O–H groups in total. The third-order valence-electron chi connectivity index (χ3n) is 4.31. The molecule has 0 atom stereocenters. The van der Waals surface area contributed by atoms with Crippen LogP contribution in [-0.2, 0) is 10.0 Å². The Morgan fingerprint density at radius 3 is 2.07 bits per heavy atom. The van der Waals surface area contributed by atoms with Gasteiger partial charge in [-0.3, -0.25) is 0 Å². The van der Waals surface area contributed by atoms with Crippen molar-refractivity contribution in [2.75, 3.05) is 19.0 Å². The predicted molar refractivity (Wildman–Crippen MR) is 108 cm³/mol. The van der Waals surface area contributed by atoms with Crippen LogP contribution < -0.4 is 10.0 Å². The van der Waals surface area contributed by atoms with Crippen molar-refractivity contribution >= 4 is 27.3 Å². The van der Waals surface area contributed by atoms with Gasteiger partial charge in [0.2, 0.25) is 10.0 Å². The zero-order valence-electron chi connectivity index (χ0n) is 15.1. The number of sulfonamides is 1. The summed E-state index contributed by atoms with van der Waals surface area (Å²) in [4.78, 5) is 1.74. The largest absolute Gasteiger partial charge is 0.376 e. The van der Waals surface area contributed by atoms with Crippen molar-refractivity contribution in [2.24, 2.45) is 5.14 Å². The van der Waals surface area contributed by atoms with Gasteiger partial charge < -0.3 is 4.90 Å². The summed E-state index contributed by atoms with van der Waals surface area (Å²) >= 11 is 6.30. The molecule has 0 aliphatic carbocycles. The van der Waals surface area contributed by atoms with E-state index in [4.69, 9.17) is 16.7 Å². The molecule has 3 rings (SSSR count). The maximum atomic E-state index is 14.7. The second-order valence-electron chi connectivity index (χ2n) is 6.41. The Hall–Kier alpha value is -2.48. The second kappa shape index (κ2) is 7.50. The number of primary sulfonamides is 1. The third-order valence-corrected chi connectivity index (χ3v) is 5.54. The maximum Gasteiger partial charge on any atom is 0.238 e. The van der Waals surface area contributed by atoms with Crippen LogP contribution in [0.15, 0.2) is 59.5 Å². The lowest BCUT2D eigenvalue weighted by Crippen LogP contribution is -2.11. The quantitative estimate of drug-likeness (QED) is 0.664. The van der Waals surface area contributed by atoms with Crippen molar-refractivity contribution < 1.29 is 17.2 Å². The van der Waals surface area contributed by atoms with Crippen molar-refractivity contribution in [1.82, 2.24) is 0 Å². The number of nitrogens with zero attached hydrogens (tertiary/aromatic N) is 1. The fraction of sp³-hybridized carbons (Fsp3) is 0.100. The molecular weight excluding hydrogens is 406 g/mol. The molecule has 0 aliphatic rings. The molecule has 28 heavy (non-hydrogen) atoms. The third kappa shape index (κ3) is 3.87. The summed E-state index contributed by atoms with van der Waals surface area (Å²) in [6.45, 7) is 0. The van der Waals surface area contributed by atoms with Crippen LogP contribution in [0.3, 0.4) is 0 Å². The molecule has 0 unspecified atom stereocenters. The lowest BCUT2D eigenvalue weighted by atomic mass is 9.93. The number of hydrogen-bond donors (Lipinski definition) is 1.